The molecule has 0 aliphatic rings. The van der Waals surface area contributed by atoms with Gasteiger partial charge in [-0.25, -0.2) is 4.98 Å². The van der Waals surface area contributed by atoms with E-state index in [2.05, 4.69) is 15.6 Å². The minimum absolute atomic E-state index is 0. The summed E-state index contributed by atoms with van der Waals surface area (Å²) in [5.41, 5.74) is 7.82. The van der Waals surface area contributed by atoms with E-state index in [9.17, 15) is 9.59 Å². The summed E-state index contributed by atoms with van der Waals surface area (Å²) in [6.45, 7) is 3.22. The molecule has 1 heterocycles. The number of aromatic nitrogens is 2. The molecule has 0 bridgehead atoms. The third kappa shape index (κ3) is 8.90. The van der Waals surface area contributed by atoms with Crippen LogP contribution >= 0.6 is 24.8 Å². The molecule has 2 amide bonds. The molecule has 0 fully saturated rings. The van der Waals surface area contributed by atoms with Crippen LogP contribution in [0.2, 0.25) is 0 Å². The molecule has 9 heteroatoms. The van der Waals surface area contributed by atoms with Crippen molar-refractivity contribution in [2.75, 3.05) is 13.1 Å². The van der Waals surface area contributed by atoms with Gasteiger partial charge in [-0.15, -0.1) is 24.8 Å². The number of nitrogens with two attached hydrogens (primary N) is 1. The van der Waals surface area contributed by atoms with E-state index >= 15 is 0 Å². The lowest BCUT2D eigenvalue weighted by Gasteiger charge is -2.11. The number of nitrogens with zero attached hydrogens (tertiary/aromatic N) is 2. The number of hydrogen-bond donors (Lipinski definition) is 3. The minimum Gasteiger partial charge on any atom is -0.355 e. The Bertz CT molecular complexity index is 694. The standard InChI is InChI=1S/C18H25N5O2.2ClH/c1-2-8-20-17(24)10-21-18(25)16(19)9-15-12-23(13-22-15)11-14-6-4-3-5-7-14;;/h3-7,12-13,16H,2,8-11,19H2,1H3,(H,20,24)(H,21,25);2*1H/t16-;;/m0../s1. The van der Waals surface area contributed by atoms with Crippen LogP contribution in [0.3, 0.4) is 0 Å². The zero-order valence-corrected chi connectivity index (χ0v) is 16.9. The molecule has 0 aliphatic carbocycles. The lowest BCUT2D eigenvalue weighted by Crippen LogP contribution is -2.46. The first kappa shape index (κ1) is 24.9. The number of nitrogens with one attached hydrogen (secondary N) is 2. The highest BCUT2D eigenvalue weighted by Crippen LogP contribution is 2.05. The van der Waals surface area contributed by atoms with Crippen molar-refractivity contribution in [3.05, 3.63) is 54.1 Å². The van der Waals surface area contributed by atoms with Gasteiger partial charge in [-0.3, -0.25) is 9.59 Å². The van der Waals surface area contributed by atoms with Gasteiger partial charge in [0, 0.05) is 25.7 Å². The average molecular weight is 416 g/mol. The Morgan fingerprint density at radius 3 is 2.56 bits per heavy atom. The molecule has 1 aromatic heterocycles. The highest BCUT2D eigenvalue weighted by molar-refractivity contribution is 5.87. The maximum atomic E-state index is 12.0. The summed E-state index contributed by atoms with van der Waals surface area (Å²) in [5, 5.41) is 5.24. The van der Waals surface area contributed by atoms with Crippen molar-refractivity contribution in [1.29, 1.82) is 0 Å². The van der Waals surface area contributed by atoms with Crippen LogP contribution in [0.15, 0.2) is 42.9 Å². The molecule has 0 saturated carbocycles. The van der Waals surface area contributed by atoms with Gasteiger partial charge in [0.25, 0.3) is 0 Å². The number of halogens is 2. The van der Waals surface area contributed by atoms with E-state index in [1.165, 1.54) is 5.56 Å². The zero-order chi connectivity index (χ0) is 18.1. The molecule has 1 atom stereocenters. The maximum Gasteiger partial charge on any atom is 0.239 e. The number of carbonyl (C=O) groups is 2. The Balaban J connectivity index is 0.00000338. The van der Waals surface area contributed by atoms with Crippen LogP contribution < -0.4 is 16.4 Å². The van der Waals surface area contributed by atoms with Crippen molar-refractivity contribution in [1.82, 2.24) is 20.2 Å². The van der Waals surface area contributed by atoms with Gasteiger partial charge in [-0.2, -0.15) is 0 Å². The average Bonchev–Trinajstić information content (AvgIpc) is 3.05. The van der Waals surface area contributed by atoms with Gasteiger partial charge in [-0.05, 0) is 12.0 Å². The molecule has 0 radical (unpaired) electrons. The van der Waals surface area contributed by atoms with E-state index in [0.29, 0.717) is 19.5 Å². The fourth-order valence-corrected chi connectivity index (χ4v) is 2.34. The first-order chi connectivity index (χ1) is 12.1. The Hall–Kier alpha value is -2.09. The van der Waals surface area contributed by atoms with E-state index in [1.807, 2.05) is 48.0 Å². The van der Waals surface area contributed by atoms with Crippen molar-refractivity contribution >= 4 is 36.6 Å². The van der Waals surface area contributed by atoms with Crippen LogP contribution in [-0.4, -0.2) is 40.5 Å². The number of carbonyl (C=O) groups excluding carboxylic acids is 2. The maximum absolute atomic E-state index is 12.0. The van der Waals surface area contributed by atoms with Gasteiger partial charge in [0.1, 0.15) is 0 Å². The zero-order valence-electron chi connectivity index (χ0n) is 15.3. The second-order valence-electron chi connectivity index (χ2n) is 5.90. The van der Waals surface area contributed by atoms with Crippen molar-refractivity contribution in [2.24, 2.45) is 5.73 Å². The molecule has 1 aromatic carbocycles. The van der Waals surface area contributed by atoms with Gasteiger partial charge in [0.05, 0.1) is 24.6 Å². The van der Waals surface area contributed by atoms with Gasteiger partial charge < -0.3 is 20.9 Å². The van der Waals surface area contributed by atoms with E-state index in [-0.39, 0.29) is 43.2 Å². The molecule has 0 aliphatic heterocycles. The van der Waals surface area contributed by atoms with Gasteiger partial charge in [0.15, 0.2) is 0 Å². The topological polar surface area (TPSA) is 102 Å². The van der Waals surface area contributed by atoms with Gasteiger partial charge >= 0.3 is 0 Å². The molecule has 0 unspecified atom stereocenters. The molecule has 2 rings (SSSR count). The van der Waals surface area contributed by atoms with E-state index < -0.39 is 6.04 Å². The van der Waals surface area contributed by atoms with Crippen molar-refractivity contribution in [3.8, 4) is 0 Å². The second kappa shape index (κ2) is 13.1. The van der Waals surface area contributed by atoms with Gasteiger partial charge in [-0.1, -0.05) is 37.3 Å². The molecule has 0 spiro atoms. The van der Waals surface area contributed by atoms with Crippen molar-refractivity contribution in [3.63, 3.8) is 0 Å². The lowest BCUT2D eigenvalue weighted by molar-refractivity contribution is -0.126. The predicted molar refractivity (Wildman–Crippen MR) is 110 cm³/mol. The Morgan fingerprint density at radius 2 is 1.89 bits per heavy atom. The Labute approximate surface area is 171 Å². The largest absolute Gasteiger partial charge is 0.355 e. The molecule has 150 valence electrons. The van der Waals surface area contributed by atoms with E-state index in [0.717, 1.165) is 12.1 Å². The fraction of sp³-hybridized carbons (Fsp3) is 0.389. The molecule has 2 aromatic rings. The molecular weight excluding hydrogens is 389 g/mol. The smallest absolute Gasteiger partial charge is 0.239 e. The number of rotatable bonds is 9. The molecule has 7 nitrogen and oxygen atoms in total. The van der Waals surface area contributed by atoms with Crippen molar-refractivity contribution < 1.29 is 9.59 Å². The quantitative estimate of drug-likeness (QED) is 0.573. The van der Waals surface area contributed by atoms with Crippen LogP contribution in [0.25, 0.3) is 0 Å². The molecular formula is C18H27Cl2N5O2. The van der Waals surface area contributed by atoms with Crippen molar-refractivity contribution in [2.45, 2.75) is 32.4 Å². The third-order valence-corrected chi connectivity index (χ3v) is 3.66. The Kier molecular flexibility index (Phi) is 12.1. The highest BCUT2D eigenvalue weighted by Gasteiger charge is 2.16. The summed E-state index contributed by atoms with van der Waals surface area (Å²) in [7, 11) is 0. The summed E-state index contributed by atoms with van der Waals surface area (Å²) in [6, 6.07) is 9.31. The van der Waals surface area contributed by atoms with Crippen LogP contribution in [0.1, 0.15) is 24.6 Å². The first-order valence-corrected chi connectivity index (χ1v) is 8.43. The SMILES string of the molecule is CCCNC(=O)CNC(=O)[C@@H](N)Cc1cn(Cc2ccccc2)cn1.Cl.Cl. The van der Waals surface area contributed by atoms with Crippen LogP contribution in [0.5, 0.6) is 0 Å². The second-order valence-corrected chi connectivity index (χ2v) is 5.90. The minimum atomic E-state index is -0.737. The number of hydrogen-bond acceptors (Lipinski definition) is 4. The van der Waals surface area contributed by atoms with Gasteiger partial charge in [0.2, 0.25) is 11.8 Å². The van der Waals surface area contributed by atoms with E-state index in [1.54, 1.807) is 6.33 Å². The number of benzene rings is 1. The monoisotopic (exact) mass is 415 g/mol. The lowest BCUT2D eigenvalue weighted by atomic mass is 10.1. The van der Waals surface area contributed by atoms with E-state index in [4.69, 9.17) is 5.73 Å². The van der Waals surface area contributed by atoms with Crippen LogP contribution in [0.4, 0.5) is 0 Å². The number of amides is 2. The molecule has 0 saturated heterocycles. The summed E-state index contributed by atoms with van der Waals surface area (Å²) in [5.74, 6) is -0.571. The normalized spacial score (nSPS) is 10.9. The predicted octanol–water partition coefficient (Wildman–Crippen LogP) is 1.29. The van der Waals surface area contributed by atoms with Crippen LogP contribution in [0, 0.1) is 0 Å². The summed E-state index contributed by atoms with van der Waals surface area (Å²) in [4.78, 5) is 27.7. The third-order valence-electron chi connectivity index (χ3n) is 3.66. The first-order valence-electron chi connectivity index (χ1n) is 8.43. The van der Waals surface area contributed by atoms with Crippen LogP contribution in [-0.2, 0) is 22.6 Å². The summed E-state index contributed by atoms with van der Waals surface area (Å²) in [6.07, 6.45) is 4.79. The molecule has 4 N–H and O–H groups in total. The summed E-state index contributed by atoms with van der Waals surface area (Å²) >= 11 is 0. The fourth-order valence-electron chi connectivity index (χ4n) is 2.34. The highest BCUT2D eigenvalue weighted by atomic mass is 35.5. The summed E-state index contributed by atoms with van der Waals surface area (Å²) < 4.78 is 1.95. The molecule has 27 heavy (non-hydrogen) atoms. The Morgan fingerprint density at radius 1 is 1.19 bits per heavy atom. The number of imidazole rings is 1.